The third kappa shape index (κ3) is 5.50. The Balaban J connectivity index is 1.75. The van der Waals surface area contributed by atoms with Crippen LogP contribution in [0.1, 0.15) is 49.0 Å². The van der Waals surface area contributed by atoms with Gasteiger partial charge < -0.3 is 30.9 Å². The van der Waals surface area contributed by atoms with Crippen molar-refractivity contribution in [3.05, 3.63) is 29.5 Å². The van der Waals surface area contributed by atoms with Gasteiger partial charge >= 0.3 is 5.92 Å². The van der Waals surface area contributed by atoms with E-state index in [9.17, 15) is 23.5 Å². The molecule has 1 atom stereocenters. The number of aliphatic hydroxyl groups is 1. The Hall–Kier alpha value is -3.49. The van der Waals surface area contributed by atoms with Crippen molar-refractivity contribution >= 4 is 22.6 Å². The van der Waals surface area contributed by atoms with Crippen molar-refractivity contribution < 1.29 is 33.0 Å². The molecule has 2 fully saturated rings. The van der Waals surface area contributed by atoms with Crippen LogP contribution in [0.2, 0.25) is 0 Å². The number of benzene rings is 1. The molecule has 2 aliphatic rings. The van der Waals surface area contributed by atoms with Crippen LogP contribution in [0.25, 0.3) is 10.8 Å². The molecule has 2 aliphatic heterocycles. The molecule has 5 N–H and O–H groups in total. The molecule has 0 spiro atoms. The number of halogens is 2. The van der Waals surface area contributed by atoms with Crippen LogP contribution in [0.15, 0.2) is 18.3 Å². The SMILES string of the molecule is CC(C)Oc1cc2c(OC[C@@H]3CC(F)(F)C(=O)N3)ncc(C#CC3(O)CCNCC3)c2cc1C(N)=O. The number of nitrogens with zero attached hydrogens (tertiary/aromatic N) is 1. The Morgan fingerprint density at radius 1 is 1.31 bits per heavy atom. The molecule has 9 nitrogen and oxygen atoms in total. The van der Waals surface area contributed by atoms with E-state index in [0.717, 1.165) is 0 Å². The number of pyridine rings is 1. The highest BCUT2D eigenvalue weighted by atomic mass is 19.3. The molecule has 11 heteroatoms. The van der Waals surface area contributed by atoms with E-state index in [2.05, 4.69) is 27.5 Å². The van der Waals surface area contributed by atoms with Crippen LogP contribution < -0.4 is 25.8 Å². The monoisotopic (exact) mass is 502 g/mol. The van der Waals surface area contributed by atoms with Crippen LogP contribution in [0.5, 0.6) is 11.6 Å². The third-order valence-electron chi connectivity index (χ3n) is 6.03. The Bertz CT molecular complexity index is 1250. The Kier molecular flexibility index (Phi) is 7.02. The molecule has 4 rings (SSSR count). The fourth-order valence-electron chi connectivity index (χ4n) is 4.17. The molecule has 0 aliphatic carbocycles. The topological polar surface area (TPSA) is 136 Å². The first-order valence-electron chi connectivity index (χ1n) is 11.7. The molecule has 1 aromatic heterocycles. The minimum absolute atomic E-state index is 0.0882. The highest BCUT2D eigenvalue weighted by molar-refractivity contribution is 6.03. The first-order chi connectivity index (χ1) is 17.0. The number of primary amides is 1. The zero-order valence-corrected chi connectivity index (χ0v) is 20.0. The lowest BCUT2D eigenvalue weighted by Gasteiger charge is -2.27. The van der Waals surface area contributed by atoms with Crippen LogP contribution >= 0.6 is 0 Å². The summed E-state index contributed by atoms with van der Waals surface area (Å²) in [6.07, 6.45) is 1.39. The number of carbonyl (C=O) groups is 2. The summed E-state index contributed by atoms with van der Waals surface area (Å²) in [6.45, 7) is 4.61. The van der Waals surface area contributed by atoms with Gasteiger partial charge in [0.2, 0.25) is 5.88 Å². The second kappa shape index (κ2) is 9.87. The van der Waals surface area contributed by atoms with Gasteiger partial charge in [-0.2, -0.15) is 8.78 Å². The van der Waals surface area contributed by atoms with Crippen molar-refractivity contribution in [3.8, 4) is 23.5 Å². The van der Waals surface area contributed by atoms with Gasteiger partial charge in [0, 0.05) is 23.4 Å². The van der Waals surface area contributed by atoms with Gasteiger partial charge in [-0.25, -0.2) is 4.98 Å². The van der Waals surface area contributed by atoms with E-state index < -0.39 is 35.8 Å². The Labute approximate surface area is 206 Å². The highest BCUT2D eigenvalue weighted by Crippen LogP contribution is 2.34. The van der Waals surface area contributed by atoms with E-state index in [0.29, 0.717) is 42.3 Å². The van der Waals surface area contributed by atoms with Crippen LogP contribution in [-0.2, 0) is 4.79 Å². The average molecular weight is 503 g/mol. The number of nitrogens with one attached hydrogen (secondary N) is 2. The van der Waals surface area contributed by atoms with E-state index in [1.165, 1.54) is 12.3 Å². The lowest BCUT2D eigenvalue weighted by molar-refractivity contribution is -0.139. The van der Waals surface area contributed by atoms with Crippen molar-refractivity contribution in [2.45, 2.75) is 56.8 Å². The van der Waals surface area contributed by atoms with Crippen LogP contribution in [-0.4, -0.2) is 65.3 Å². The number of rotatable bonds is 6. The predicted octanol–water partition coefficient (Wildman–Crippen LogP) is 1.49. The molecule has 0 unspecified atom stereocenters. The fraction of sp³-hybridized carbons (Fsp3) is 0.480. The van der Waals surface area contributed by atoms with E-state index >= 15 is 0 Å². The largest absolute Gasteiger partial charge is 0.490 e. The molecule has 0 radical (unpaired) electrons. The lowest BCUT2D eigenvalue weighted by atomic mass is 9.92. The van der Waals surface area contributed by atoms with Crippen molar-refractivity contribution in [2.75, 3.05) is 19.7 Å². The Morgan fingerprint density at radius 2 is 2.03 bits per heavy atom. The smallest absolute Gasteiger partial charge is 0.326 e. The molecule has 0 saturated carbocycles. The highest BCUT2D eigenvalue weighted by Gasteiger charge is 2.48. The summed E-state index contributed by atoms with van der Waals surface area (Å²) in [6, 6.07) is 2.17. The molecular weight excluding hydrogens is 474 g/mol. The fourth-order valence-corrected chi connectivity index (χ4v) is 4.17. The van der Waals surface area contributed by atoms with Crippen LogP contribution in [0.4, 0.5) is 8.78 Å². The van der Waals surface area contributed by atoms with Crippen LogP contribution in [0.3, 0.4) is 0 Å². The van der Waals surface area contributed by atoms with Gasteiger partial charge in [-0.1, -0.05) is 11.8 Å². The number of hydrogen-bond acceptors (Lipinski definition) is 7. The molecule has 192 valence electrons. The van der Waals surface area contributed by atoms with Crippen molar-refractivity contribution in [3.63, 3.8) is 0 Å². The molecule has 0 bridgehead atoms. The minimum atomic E-state index is -3.45. The number of carbonyl (C=O) groups excluding carboxylic acids is 2. The van der Waals surface area contributed by atoms with Gasteiger partial charge in [-0.15, -0.1) is 0 Å². The number of ether oxygens (including phenoxy) is 2. The maximum Gasteiger partial charge on any atom is 0.326 e. The molecule has 2 amide bonds. The summed E-state index contributed by atoms with van der Waals surface area (Å²) >= 11 is 0. The third-order valence-corrected chi connectivity index (χ3v) is 6.03. The lowest BCUT2D eigenvalue weighted by Crippen LogP contribution is -2.40. The molecular formula is C25H28F2N4O5. The van der Waals surface area contributed by atoms with Gasteiger partial charge in [0.25, 0.3) is 11.8 Å². The molecule has 2 saturated heterocycles. The first kappa shape index (κ1) is 25.6. The second-order valence-electron chi connectivity index (χ2n) is 9.32. The summed E-state index contributed by atoms with van der Waals surface area (Å²) < 4.78 is 38.7. The number of alkyl halides is 2. The summed E-state index contributed by atoms with van der Waals surface area (Å²) in [5, 5.41) is 17.0. The normalized spacial score (nSPS) is 20.5. The second-order valence-corrected chi connectivity index (χ2v) is 9.32. The number of fused-ring (bicyclic) bond motifs is 1. The molecule has 1 aromatic carbocycles. The first-order valence-corrected chi connectivity index (χ1v) is 11.7. The number of aromatic nitrogens is 1. The van der Waals surface area contributed by atoms with E-state index in [1.54, 1.807) is 19.9 Å². The minimum Gasteiger partial charge on any atom is -0.490 e. The van der Waals surface area contributed by atoms with Gasteiger partial charge in [0.05, 0.1) is 23.3 Å². The summed E-state index contributed by atoms with van der Waals surface area (Å²) in [5.41, 5.74) is 4.99. The number of hydrogen-bond donors (Lipinski definition) is 4. The van der Waals surface area contributed by atoms with E-state index in [1.807, 2.05) is 0 Å². The van der Waals surface area contributed by atoms with Gasteiger partial charge in [0.1, 0.15) is 18.0 Å². The van der Waals surface area contributed by atoms with Crippen LogP contribution in [0, 0.1) is 11.8 Å². The predicted molar refractivity (Wildman–Crippen MR) is 127 cm³/mol. The van der Waals surface area contributed by atoms with E-state index in [-0.39, 0.29) is 29.9 Å². The maximum atomic E-state index is 13.6. The maximum absolute atomic E-state index is 13.6. The van der Waals surface area contributed by atoms with E-state index in [4.69, 9.17) is 15.2 Å². The standard InChI is InChI=1S/C25H28F2N4O5/c1-14(2)36-20-10-18-17(9-19(20)21(28)32)15(3-4-24(34)5-7-29-8-6-24)12-30-22(18)35-13-16-11-25(26,27)23(33)31-16/h9-10,12,14,16,29,34H,5-8,11,13H2,1-2H3,(H2,28,32)(H,31,33)/t16-/m0/s1. The molecule has 2 aromatic rings. The summed E-state index contributed by atoms with van der Waals surface area (Å²) in [4.78, 5) is 27.9. The van der Waals surface area contributed by atoms with Crippen molar-refractivity contribution in [2.24, 2.45) is 5.73 Å². The molecule has 36 heavy (non-hydrogen) atoms. The van der Waals surface area contributed by atoms with Gasteiger partial charge in [0.15, 0.2) is 0 Å². The zero-order valence-electron chi connectivity index (χ0n) is 20.0. The number of amides is 2. The summed E-state index contributed by atoms with van der Waals surface area (Å²) in [7, 11) is 0. The Morgan fingerprint density at radius 3 is 2.64 bits per heavy atom. The average Bonchev–Trinajstić information content (AvgIpc) is 3.07. The number of nitrogens with two attached hydrogens (primary N) is 1. The van der Waals surface area contributed by atoms with Gasteiger partial charge in [-0.05, 0) is 51.9 Å². The van der Waals surface area contributed by atoms with Crippen molar-refractivity contribution in [1.29, 1.82) is 0 Å². The molecule has 3 heterocycles. The van der Waals surface area contributed by atoms with Gasteiger partial charge in [-0.3, -0.25) is 9.59 Å². The summed E-state index contributed by atoms with van der Waals surface area (Å²) in [5.74, 6) is 0.685. The van der Waals surface area contributed by atoms with Crippen molar-refractivity contribution in [1.82, 2.24) is 15.6 Å². The zero-order chi connectivity index (χ0) is 26.1. The quantitative estimate of drug-likeness (QED) is 0.440. The number of piperidine rings is 1.